The molecule has 2 aliphatic rings. The summed E-state index contributed by atoms with van der Waals surface area (Å²) in [6.45, 7) is 1.48. The van der Waals surface area contributed by atoms with Gasteiger partial charge in [0.15, 0.2) is 5.13 Å². The topological polar surface area (TPSA) is 192 Å². The van der Waals surface area contributed by atoms with Crippen molar-refractivity contribution in [2.24, 2.45) is 0 Å². The monoisotopic (exact) mass is 566 g/mol. The van der Waals surface area contributed by atoms with Crippen molar-refractivity contribution in [1.82, 2.24) is 35.4 Å². The summed E-state index contributed by atoms with van der Waals surface area (Å²) < 4.78 is 1.18. The summed E-state index contributed by atoms with van der Waals surface area (Å²) in [4.78, 5) is 42.6. The number of aliphatic hydroxyl groups is 1. The van der Waals surface area contributed by atoms with E-state index in [1.165, 1.54) is 23.4 Å². The third-order valence-corrected chi connectivity index (χ3v) is 8.12. The second-order valence-corrected chi connectivity index (χ2v) is 10.2. The Labute approximate surface area is 237 Å². The van der Waals surface area contributed by atoms with Crippen molar-refractivity contribution in [1.29, 1.82) is 0 Å². The number of β-lactam (4-membered cyclic amide) rings is 1. The molecule has 0 aromatic carbocycles. The van der Waals surface area contributed by atoms with Crippen LogP contribution in [-0.4, -0.2) is 75.9 Å². The quantitative estimate of drug-likeness (QED) is 0.122. The zero-order valence-corrected chi connectivity index (χ0v) is 23.4. The molecule has 0 spiro atoms. The fourth-order valence-electron chi connectivity index (χ4n) is 3.30. The first-order valence-electron chi connectivity index (χ1n) is 9.52. The second-order valence-electron chi connectivity index (χ2n) is 7.02. The maximum absolute atomic E-state index is 12.8. The van der Waals surface area contributed by atoms with Gasteiger partial charge < -0.3 is 26.1 Å². The molecule has 180 valence electrons. The normalized spacial score (nSPS) is 20.6. The number of nitrogens with two attached hydrogens (primary N) is 1. The fourth-order valence-corrected chi connectivity index (χ4v) is 6.51. The van der Waals surface area contributed by atoms with Crippen LogP contribution in [0.15, 0.2) is 27.3 Å². The summed E-state index contributed by atoms with van der Waals surface area (Å²) in [5.74, 6) is -2.31. The molecule has 13 nitrogen and oxygen atoms in total. The minimum absolute atomic E-state index is 0. The van der Waals surface area contributed by atoms with E-state index >= 15 is 0 Å². The number of aromatic nitrogens is 5. The number of thiazole rings is 1. The van der Waals surface area contributed by atoms with Gasteiger partial charge in [0.25, 0.3) is 11.8 Å². The molecule has 0 radical (unpaired) electrons. The number of thioether (sulfide) groups is 2. The second kappa shape index (κ2) is 11.6. The predicted octanol–water partition coefficient (Wildman–Crippen LogP) is -4.00. The van der Waals surface area contributed by atoms with E-state index < -0.39 is 35.4 Å². The maximum Gasteiger partial charge on any atom is 1.00 e. The largest absolute Gasteiger partial charge is 1.00 e. The number of aliphatic carboxylic acids is 1. The Bertz CT molecular complexity index is 1220. The number of carboxylic acids is 1. The van der Waals surface area contributed by atoms with Gasteiger partial charge >= 0.3 is 29.6 Å². The van der Waals surface area contributed by atoms with Crippen molar-refractivity contribution in [2.75, 3.05) is 17.2 Å². The number of carbonyl (C=O) groups is 3. The van der Waals surface area contributed by atoms with Crippen molar-refractivity contribution >= 4 is 74.9 Å². The molecule has 2 aromatic rings. The first kappa shape index (κ1) is 27.9. The predicted molar refractivity (Wildman–Crippen MR) is 123 cm³/mol. The fraction of sp³-hybridized carbons (Fsp3) is 0.353. The Morgan fingerprint density at radius 2 is 2.26 bits per heavy atom. The maximum atomic E-state index is 12.8. The number of nitrogens with one attached hydrogen (secondary N) is 1. The van der Waals surface area contributed by atoms with Gasteiger partial charge in [-0.3, -0.25) is 14.5 Å². The molecule has 1 fully saturated rings. The van der Waals surface area contributed by atoms with Gasteiger partial charge in [-0.05, 0) is 22.9 Å². The van der Waals surface area contributed by atoms with Crippen LogP contribution in [0.25, 0.3) is 5.57 Å². The van der Waals surface area contributed by atoms with Gasteiger partial charge in [-0.15, -0.1) is 28.2 Å². The molecule has 1 saturated heterocycles. The van der Waals surface area contributed by atoms with E-state index in [2.05, 4.69) is 25.8 Å². The Balaban J connectivity index is 0.00000342. The molecule has 4 heterocycles. The summed E-state index contributed by atoms with van der Waals surface area (Å²) >= 11 is 9.33. The number of fused-ring (bicyclic) bond motifs is 1. The molecule has 2 aromatic heterocycles. The van der Waals surface area contributed by atoms with Crippen LogP contribution in [0.4, 0.5) is 5.13 Å². The van der Waals surface area contributed by atoms with Crippen molar-refractivity contribution in [3.05, 3.63) is 27.9 Å². The Morgan fingerprint density at radius 3 is 2.86 bits per heavy atom. The van der Waals surface area contributed by atoms with E-state index in [1.807, 2.05) is 0 Å². The number of carboxylic acid groups (broad SMARTS) is 1. The number of carbonyl (C=O) groups excluding carboxylic acids is 3. The van der Waals surface area contributed by atoms with Gasteiger partial charge in [-0.1, -0.05) is 23.4 Å². The minimum atomic E-state index is -1.51. The smallest absolute Gasteiger partial charge is 0.543 e. The van der Waals surface area contributed by atoms with Gasteiger partial charge in [0.05, 0.1) is 22.9 Å². The SMILES string of the molecule is CC(O)n1nnnc1SCC1=C(C(=O)[O-])N2C(=O)C(NC(=O)/C(=C/Cl)c3csc(N)n3)[C@H]2SC1.[Na+]. The summed E-state index contributed by atoms with van der Waals surface area (Å²) in [5.41, 5.74) is 7.13. The average Bonchev–Trinajstić information content (AvgIpc) is 3.44. The standard InChI is InChI=1S/C17H17ClN8O5S3.Na/c1-6(27)26-17(22-23-24-26)34-4-7-3-32-14-10(13(29)25(14)11(7)15(30)31)21-12(28)8(2-18)9-5-33-16(19)20-9;/h2,5-6,10,14,27H,3-4H2,1H3,(H2,19,20)(H,21,28)(H,30,31);/q;+1/p-1/b8-2+;/t6?,10?,14-;/m1./s1. The molecule has 4 rings (SSSR count). The first-order valence-corrected chi connectivity index (χ1v) is 12.9. The molecule has 0 aliphatic carbocycles. The van der Waals surface area contributed by atoms with E-state index in [0.717, 1.165) is 33.5 Å². The van der Waals surface area contributed by atoms with Crippen LogP contribution in [0.3, 0.4) is 0 Å². The van der Waals surface area contributed by atoms with Gasteiger partial charge in [0.2, 0.25) is 5.16 Å². The number of anilines is 1. The third kappa shape index (κ3) is 5.53. The molecule has 3 atom stereocenters. The summed E-state index contributed by atoms with van der Waals surface area (Å²) in [6.07, 6.45) is -0.966. The molecule has 18 heteroatoms. The van der Waals surface area contributed by atoms with Gasteiger partial charge in [-0.25, -0.2) is 4.98 Å². The molecule has 0 bridgehead atoms. The van der Waals surface area contributed by atoms with Crippen LogP contribution in [-0.2, 0) is 14.4 Å². The molecular weight excluding hydrogens is 551 g/mol. The molecule has 4 N–H and O–H groups in total. The van der Waals surface area contributed by atoms with E-state index in [1.54, 1.807) is 5.38 Å². The number of halogens is 1. The Morgan fingerprint density at radius 1 is 1.51 bits per heavy atom. The minimum Gasteiger partial charge on any atom is -0.543 e. The number of aliphatic hydroxyl groups excluding tert-OH is 1. The van der Waals surface area contributed by atoms with Crippen LogP contribution in [0.1, 0.15) is 18.8 Å². The van der Waals surface area contributed by atoms with Crippen LogP contribution in [0.2, 0.25) is 0 Å². The van der Waals surface area contributed by atoms with Gasteiger partial charge in [0, 0.05) is 22.4 Å². The number of tetrazole rings is 1. The van der Waals surface area contributed by atoms with E-state index in [4.69, 9.17) is 17.3 Å². The Hall–Kier alpha value is -1.66. The van der Waals surface area contributed by atoms with Crippen molar-refractivity contribution in [3.8, 4) is 0 Å². The summed E-state index contributed by atoms with van der Waals surface area (Å²) in [7, 11) is 0. The molecular formula is C17H16ClN8NaO5S3. The molecule has 2 unspecified atom stereocenters. The third-order valence-electron chi connectivity index (χ3n) is 4.87. The van der Waals surface area contributed by atoms with Crippen LogP contribution in [0.5, 0.6) is 0 Å². The van der Waals surface area contributed by atoms with Crippen LogP contribution in [0, 0.1) is 0 Å². The zero-order valence-electron chi connectivity index (χ0n) is 18.2. The van der Waals surface area contributed by atoms with Gasteiger partial charge in [-0.2, -0.15) is 4.68 Å². The number of hydrogen-bond donors (Lipinski definition) is 3. The van der Waals surface area contributed by atoms with Crippen LogP contribution < -0.4 is 45.7 Å². The van der Waals surface area contributed by atoms with Crippen molar-refractivity contribution in [3.63, 3.8) is 0 Å². The van der Waals surface area contributed by atoms with E-state index in [0.29, 0.717) is 5.57 Å². The number of hydrogen-bond acceptors (Lipinski definition) is 13. The Kier molecular flexibility index (Phi) is 9.25. The summed E-state index contributed by atoms with van der Waals surface area (Å²) in [5, 5.41) is 36.6. The molecule has 0 saturated carbocycles. The molecule has 35 heavy (non-hydrogen) atoms. The summed E-state index contributed by atoms with van der Waals surface area (Å²) in [6, 6.07) is -0.953. The number of nitrogen functional groups attached to an aromatic ring is 1. The van der Waals surface area contributed by atoms with E-state index in [-0.39, 0.29) is 68.3 Å². The number of nitrogens with zero attached hydrogens (tertiary/aromatic N) is 6. The zero-order chi connectivity index (χ0) is 24.6. The van der Waals surface area contributed by atoms with Crippen molar-refractivity contribution in [2.45, 2.75) is 29.7 Å². The number of amides is 2. The molecule has 2 aliphatic heterocycles. The number of rotatable bonds is 8. The van der Waals surface area contributed by atoms with E-state index in [9.17, 15) is 24.6 Å². The first-order chi connectivity index (χ1) is 16.2. The average molecular weight is 567 g/mol. The van der Waals surface area contributed by atoms with Gasteiger partial charge in [0.1, 0.15) is 17.6 Å². The van der Waals surface area contributed by atoms with Crippen molar-refractivity contribution < 1.29 is 54.2 Å². The van der Waals surface area contributed by atoms with Crippen LogP contribution >= 0.6 is 46.5 Å². The molecule has 2 amide bonds.